The summed E-state index contributed by atoms with van der Waals surface area (Å²) in [5.41, 5.74) is 1.65. The number of carbonyl (C=O) groups excluding carboxylic acids is 1. The summed E-state index contributed by atoms with van der Waals surface area (Å²) in [7, 11) is 0. The Kier molecular flexibility index (Phi) is 8.96. The molecule has 0 aliphatic heterocycles. The van der Waals surface area contributed by atoms with E-state index in [9.17, 15) is 14.7 Å². The summed E-state index contributed by atoms with van der Waals surface area (Å²) in [6.07, 6.45) is 1.72. The SMILES string of the molecule is CCN(N)[C@@H](CCCCNC(=O)C(c1ccccc1)(c1ccccc1)c1ccccc1)C(=O)O. The number of nitrogens with two attached hydrogens (primary N) is 1. The molecule has 0 heterocycles. The van der Waals surface area contributed by atoms with Gasteiger partial charge in [0.25, 0.3) is 0 Å². The summed E-state index contributed by atoms with van der Waals surface area (Å²) in [5.74, 6) is 4.78. The van der Waals surface area contributed by atoms with Crippen LogP contribution in [-0.2, 0) is 15.0 Å². The van der Waals surface area contributed by atoms with Gasteiger partial charge in [-0.25, -0.2) is 5.01 Å². The van der Waals surface area contributed by atoms with E-state index in [1.54, 1.807) is 0 Å². The van der Waals surface area contributed by atoms with E-state index in [4.69, 9.17) is 5.84 Å². The Morgan fingerprint density at radius 3 is 1.68 bits per heavy atom. The molecule has 6 heteroatoms. The van der Waals surface area contributed by atoms with Crippen molar-refractivity contribution in [3.63, 3.8) is 0 Å². The van der Waals surface area contributed by atoms with Gasteiger partial charge in [0.05, 0.1) is 0 Å². The van der Waals surface area contributed by atoms with Gasteiger partial charge in [0.2, 0.25) is 5.91 Å². The molecule has 0 fully saturated rings. The predicted molar refractivity (Wildman–Crippen MR) is 134 cm³/mol. The van der Waals surface area contributed by atoms with Gasteiger partial charge in [-0.15, -0.1) is 0 Å². The average molecular weight is 460 g/mol. The number of carboxylic acid groups (broad SMARTS) is 1. The predicted octanol–water partition coefficient (Wildman–Crippen LogP) is 3.96. The van der Waals surface area contributed by atoms with Crippen molar-refractivity contribution in [1.29, 1.82) is 0 Å². The van der Waals surface area contributed by atoms with Crippen molar-refractivity contribution in [3.05, 3.63) is 108 Å². The fourth-order valence-corrected chi connectivity index (χ4v) is 4.41. The Bertz CT molecular complexity index is 946. The molecule has 0 unspecified atom stereocenters. The van der Waals surface area contributed by atoms with Gasteiger partial charge in [-0.3, -0.25) is 15.4 Å². The van der Waals surface area contributed by atoms with E-state index in [0.717, 1.165) is 16.7 Å². The Morgan fingerprint density at radius 1 is 0.853 bits per heavy atom. The van der Waals surface area contributed by atoms with E-state index < -0.39 is 17.4 Å². The van der Waals surface area contributed by atoms with Crippen LogP contribution in [0.5, 0.6) is 0 Å². The largest absolute Gasteiger partial charge is 0.480 e. The Morgan fingerprint density at radius 2 is 1.29 bits per heavy atom. The molecule has 0 saturated heterocycles. The highest BCUT2D eigenvalue weighted by Crippen LogP contribution is 2.39. The number of carboxylic acids is 1. The highest BCUT2D eigenvalue weighted by atomic mass is 16.4. The van der Waals surface area contributed by atoms with E-state index in [-0.39, 0.29) is 5.91 Å². The zero-order chi connectivity index (χ0) is 24.4. The summed E-state index contributed by atoms with van der Waals surface area (Å²) < 4.78 is 0. The minimum Gasteiger partial charge on any atom is -0.480 e. The van der Waals surface area contributed by atoms with Crippen molar-refractivity contribution < 1.29 is 14.7 Å². The topological polar surface area (TPSA) is 95.7 Å². The zero-order valence-electron chi connectivity index (χ0n) is 19.6. The summed E-state index contributed by atoms with van der Waals surface area (Å²) in [6, 6.07) is 28.7. The van der Waals surface area contributed by atoms with Gasteiger partial charge in [0, 0.05) is 13.1 Å². The molecule has 0 aromatic heterocycles. The molecule has 3 rings (SSSR count). The second-order valence-corrected chi connectivity index (χ2v) is 8.28. The van der Waals surface area contributed by atoms with Gasteiger partial charge in [-0.05, 0) is 36.0 Å². The number of nitrogens with zero attached hydrogens (tertiary/aromatic N) is 1. The number of unbranched alkanes of at least 4 members (excludes halogenated alkanes) is 1. The van der Waals surface area contributed by atoms with Crippen LogP contribution in [-0.4, -0.2) is 41.1 Å². The molecular formula is C28H33N3O3. The minimum atomic E-state index is -1.01. The monoisotopic (exact) mass is 459 g/mol. The summed E-state index contributed by atoms with van der Waals surface area (Å²) in [4.78, 5) is 25.5. The van der Waals surface area contributed by atoms with Crippen molar-refractivity contribution in [2.45, 2.75) is 37.6 Å². The maximum Gasteiger partial charge on any atom is 0.322 e. The Labute approximate surface area is 201 Å². The van der Waals surface area contributed by atoms with E-state index in [1.165, 1.54) is 5.01 Å². The number of carbonyl (C=O) groups is 2. The molecule has 0 spiro atoms. The quantitative estimate of drug-likeness (QED) is 0.165. The van der Waals surface area contributed by atoms with Crippen molar-refractivity contribution >= 4 is 11.9 Å². The van der Waals surface area contributed by atoms with Gasteiger partial charge < -0.3 is 10.4 Å². The summed E-state index contributed by atoms with van der Waals surface area (Å²) in [6.45, 7) is 2.73. The lowest BCUT2D eigenvalue weighted by Gasteiger charge is -2.34. The second-order valence-electron chi connectivity index (χ2n) is 8.28. The first-order valence-corrected chi connectivity index (χ1v) is 11.7. The summed E-state index contributed by atoms with van der Waals surface area (Å²) >= 11 is 0. The third kappa shape index (κ3) is 5.53. The molecule has 0 saturated carbocycles. The number of nitrogens with one attached hydrogen (secondary N) is 1. The Hall–Kier alpha value is -3.48. The van der Waals surface area contributed by atoms with Crippen LogP contribution in [0.2, 0.25) is 0 Å². The lowest BCUT2D eigenvalue weighted by molar-refractivity contribution is -0.143. The lowest BCUT2D eigenvalue weighted by atomic mass is 9.68. The van der Waals surface area contributed by atoms with E-state index in [1.807, 2.05) is 97.9 Å². The standard InChI is InChI=1S/C28H33N3O3/c1-2-31(29)25(26(32)33)20-12-13-21-30-27(34)28(22-14-6-3-7-15-22,23-16-8-4-9-17-23)24-18-10-5-11-19-24/h3-11,14-19,25H,2,12-13,20-21,29H2,1H3,(H,30,34)(H,32,33)/t25-/m0/s1. The van der Waals surface area contributed by atoms with E-state index in [2.05, 4.69) is 5.32 Å². The van der Waals surface area contributed by atoms with Crippen molar-refractivity contribution in [2.75, 3.05) is 13.1 Å². The maximum atomic E-state index is 14.0. The number of likely N-dealkylation sites (N-methyl/N-ethyl adjacent to an activating group) is 1. The average Bonchev–Trinajstić information content (AvgIpc) is 2.88. The second kappa shape index (κ2) is 12.1. The van der Waals surface area contributed by atoms with Gasteiger partial charge in [0.1, 0.15) is 11.5 Å². The molecule has 0 aliphatic carbocycles. The first kappa shape index (κ1) is 25.1. The molecule has 0 bridgehead atoms. The smallest absolute Gasteiger partial charge is 0.322 e. The van der Waals surface area contributed by atoms with Crippen LogP contribution in [0, 0.1) is 0 Å². The maximum absolute atomic E-state index is 14.0. The zero-order valence-corrected chi connectivity index (χ0v) is 19.6. The minimum absolute atomic E-state index is 0.111. The molecule has 0 aliphatic rings. The van der Waals surface area contributed by atoms with Crippen molar-refractivity contribution in [3.8, 4) is 0 Å². The number of hydrogen-bond donors (Lipinski definition) is 3. The fraction of sp³-hybridized carbons (Fsp3) is 0.286. The molecule has 4 N–H and O–H groups in total. The van der Waals surface area contributed by atoms with E-state index >= 15 is 0 Å². The molecular weight excluding hydrogens is 426 g/mol. The highest BCUT2D eigenvalue weighted by molar-refractivity contribution is 5.96. The molecule has 3 aromatic carbocycles. The van der Waals surface area contributed by atoms with Crippen molar-refractivity contribution in [1.82, 2.24) is 10.3 Å². The lowest BCUT2D eigenvalue weighted by Crippen LogP contribution is -2.47. The first-order valence-electron chi connectivity index (χ1n) is 11.7. The molecule has 1 amide bonds. The van der Waals surface area contributed by atoms with Gasteiger partial charge >= 0.3 is 5.97 Å². The third-order valence-corrected chi connectivity index (χ3v) is 6.20. The highest BCUT2D eigenvalue weighted by Gasteiger charge is 2.43. The number of hydrogen-bond acceptors (Lipinski definition) is 4. The molecule has 3 aromatic rings. The van der Waals surface area contributed by atoms with E-state index in [0.29, 0.717) is 32.4 Å². The van der Waals surface area contributed by atoms with Crippen LogP contribution < -0.4 is 11.2 Å². The van der Waals surface area contributed by atoms with Crippen LogP contribution in [0.1, 0.15) is 42.9 Å². The number of aliphatic carboxylic acids is 1. The molecule has 1 atom stereocenters. The molecule has 0 radical (unpaired) electrons. The van der Waals surface area contributed by atoms with Crippen LogP contribution in [0.4, 0.5) is 0 Å². The number of hydrazine groups is 1. The number of rotatable bonds is 12. The Balaban J connectivity index is 1.85. The first-order chi connectivity index (χ1) is 16.5. The van der Waals surface area contributed by atoms with Gasteiger partial charge in [0.15, 0.2) is 0 Å². The summed E-state index contributed by atoms with van der Waals surface area (Å²) in [5, 5.41) is 13.9. The molecule has 34 heavy (non-hydrogen) atoms. The number of amides is 1. The van der Waals surface area contributed by atoms with Crippen LogP contribution >= 0.6 is 0 Å². The number of benzene rings is 3. The van der Waals surface area contributed by atoms with Crippen LogP contribution in [0.15, 0.2) is 91.0 Å². The van der Waals surface area contributed by atoms with Gasteiger partial charge in [-0.2, -0.15) is 0 Å². The van der Waals surface area contributed by atoms with Gasteiger partial charge in [-0.1, -0.05) is 97.9 Å². The van der Waals surface area contributed by atoms with Crippen molar-refractivity contribution in [2.24, 2.45) is 5.84 Å². The fourth-order valence-electron chi connectivity index (χ4n) is 4.41. The molecule has 6 nitrogen and oxygen atoms in total. The van der Waals surface area contributed by atoms with Crippen LogP contribution in [0.25, 0.3) is 0 Å². The normalized spacial score (nSPS) is 12.3. The van der Waals surface area contributed by atoms with Crippen LogP contribution in [0.3, 0.4) is 0 Å². The third-order valence-electron chi connectivity index (χ3n) is 6.20. The molecule has 178 valence electrons.